The van der Waals surface area contributed by atoms with E-state index in [1.165, 1.54) is 4.88 Å². The van der Waals surface area contributed by atoms with Gasteiger partial charge in [0.1, 0.15) is 5.37 Å². The molecule has 1 atom stereocenters. The molecule has 0 radical (unpaired) electrons. The number of hydrogen-bond donors (Lipinski definition) is 1. The molecule has 3 nitrogen and oxygen atoms in total. The molecule has 14 heavy (non-hydrogen) atoms. The van der Waals surface area contributed by atoms with E-state index in [1.54, 1.807) is 28.0 Å². The zero-order valence-electron chi connectivity index (χ0n) is 7.55. The van der Waals surface area contributed by atoms with Crippen molar-refractivity contribution in [3.8, 4) is 0 Å². The van der Waals surface area contributed by atoms with Crippen LogP contribution in [0, 0.1) is 0 Å². The number of aliphatic hydroxyl groups excluding tert-OH is 1. The normalized spacial score (nSPS) is 21.9. The topological polar surface area (TPSA) is 40.5 Å². The van der Waals surface area contributed by atoms with Crippen molar-refractivity contribution in [3.05, 3.63) is 22.4 Å². The van der Waals surface area contributed by atoms with Crippen molar-refractivity contribution in [2.24, 2.45) is 0 Å². The molecule has 76 valence electrons. The van der Waals surface area contributed by atoms with Gasteiger partial charge >= 0.3 is 0 Å². The minimum atomic E-state index is 0.0359. The molecule has 0 spiro atoms. The highest BCUT2D eigenvalue weighted by atomic mass is 32.2. The maximum Gasteiger partial charge on any atom is 0.233 e. The van der Waals surface area contributed by atoms with Crippen LogP contribution in [0.15, 0.2) is 17.5 Å². The zero-order valence-corrected chi connectivity index (χ0v) is 9.18. The van der Waals surface area contributed by atoms with E-state index in [-0.39, 0.29) is 17.9 Å². The van der Waals surface area contributed by atoms with Gasteiger partial charge in [0.25, 0.3) is 0 Å². The summed E-state index contributed by atoms with van der Waals surface area (Å²) < 4.78 is 0. The first-order valence-electron chi connectivity index (χ1n) is 4.38. The van der Waals surface area contributed by atoms with E-state index in [1.807, 2.05) is 17.5 Å². The van der Waals surface area contributed by atoms with Gasteiger partial charge in [-0.1, -0.05) is 6.07 Å². The van der Waals surface area contributed by atoms with E-state index >= 15 is 0 Å². The number of thioether (sulfide) groups is 1. The van der Waals surface area contributed by atoms with Crippen LogP contribution in [-0.2, 0) is 4.79 Å². The third kappa shape index (κ3) is 1.80. The van der Waals surface area contributed by atoms with Gasteiger partial charge in [0, 0.05) is 11.4 Å². The second kappa shape index (κ2) is 4.33. The second-order valence-corrected chi connectivity index (χ2v) is 5.04. The van der Waals surface area contributed by atoms with Crippen molar-refractivity contribution >= 4 is 29.0 Å². The fourth-order valence-corrected chi connectivity index (χ4v) is 3.67. The highest BCUT2D eigenvalue weighted by Gasteiger charge is 2.32. The third-order valence-electron chi connectivity index (χ3n) is 2.10. The maximum atomic E-state index is 11.5. The Hall–Kier alpha value is -0.520. The third-order valence-corrected chi connectivity index (χ3v) is 4.41. The molecule has 0 unspecified atom stereocenters. The van der Waals surface area contributed by atoms with Gasteiger partial charge in [-0.25, -0.2) is 0 Å². The van der Waals surface area contributed by atoms with Crippen LogP contribution in [0.1, 0.15) is 10.3 Å². The molecule has 2 heterocycles. The number of β-amino-alcohol motifs (C(OH)–C–C–N with tert-alkyl or cyclic N) is 1. The highest BCUT2D eigenvalue weighted by Crippen LogP contribution is 2.40. The van der Waals surface area contributed by atoms with E-state index in [9.17, 15) is 4.79 Å². The summed E-state index contributed by atoms with van der Waals surface area (Å²) in [4.78, 5) is 14.4. The number of nitrogens with zero attached hydrogens (tertiary/aromatic N) is 1. The van der Waals surface area contributed by atoms with Gasteiger partial charge in [-0.3, -0.25) is 4.79 Å². The van der Waals surface area contributed by atoms with E-state index in [0.717, 1.165) is 0 Å². The van der Waals surface area contributed by atoms with Crippen molar-refractivity contribution in [1.29, 1.82) is 0 Å². The monoisotopic (exact) mass is 229 g/mol. The summed E-state index contributed by atoms with van der Waals surface area (Å²) in [6.45, 7) is 0.475. The zero-order chi connectivity index (χ0) is 9.97. The Morgan fingerprint density at radius 2 is 2.50 bits per heavy atom. The number of carbonyl (C=O) groups excluding carboxylic acids is 1. The average molecular weight is 229 g/mol. The van der Waals surface area contributed by atoms with Gasteiger partial charge in [0.15, 0.2) is 0 Å². The molecule has 1 aliphatic heterocycles. The number of thiophene rings is 1. The van der Waals surface area contributed by atoms with Crippen LogP contribution in [0.4, 0.5) is 0 Å². The minimum Gasteiger partial charge on any atom is -0.395 e. The summed E-state index contributed by atoms with van der Waals surface area (Å²) in [5, 5.41) is 11.0. The maximum absolute atomic E-state index is 11.5. The predicted octanol–water partition coefficient (Wildman–Crippen LogP) is 1.31. The summed E-state index contributed by atoms with van der Waals surface area (Å²) in [6, 6.07) is 4.02. The number of carbonyl (C=O) groups is 1. The van der Waals surface area contributed by atoms with Crippen molar-refractivity contribution in [3.63, 3.8) is 0 Å². The molecular weight excluding hydrogens is 218 g/mol. The van der Waals surface area contributed by atoms with Crippen LogP contribution >= 0.6 is 23.1 Å². The Bertz CT molecular complexity index is 313. The SMILES string of the molecule is O=C1CS[C@H](c2cccs2)N1CCO. The summed E-state index contributed by atoms with van der Waals surface area (Å²) >= 11 is 3.29. The molecule has 1 amide bonds. The lowest BCUT2D eigenvalue weighted by Gasteiger charge is -2.21. The Kier molecular flexibility index (Phi) is 3.10. The molecular formula is C9H11NO2S2. The van der Waals surface area contributed by atoms with Gasteiger partial charge in [0.2, 0.25) is 5.91 Å². The predicted molar refractivity (Wildman–Crippen MR) is 58.3 cm³/mol. The summed E-state index contributed by atoms with van der Waals surface area (Å²) in [5.41, 5.74) is 0. The standard InChI is InChI=1S/C9H11NO2S2/c11-4-3-10-8(12)6-14-9(10)7-2-1-5-13-7/h1-2,5,9,11H,3-4,6H2/t9-/m1/s1. The molecule has 1 fully saturated rings. The summed E-state index contributed by atoms with van der Waals surface area (Å²) in [7, 11) is 0. The van der Waals surface area contributed by atoms with E-state index < -0.39 is 0 Å². The van der Waals surface area contributed by atoms with Crippen LogP contribution in [0.25, 0.3) is 0 Å². The molecule has 0 saturated carbocycles. The first-order chi connectivity index (χ1) is 6.83. The Balaban J connectivity index is 2.15. The lowest BCUT2D eigenvalue weighted by Crippen LogP contribution is -2.30. The quantitative estimate of drug-likeness (QED) is 0.849. The van der Waals surface area contributed by atoms with Crippen LogP contribution in [0.5, 0.6) is 0 Å². The van der Waals surface area contributed by atoms with Gasteiger partial charge < -0.3 is 10.0 Å². The van der Waals surface area contributed by atoms with E-state index in [4.69, 9.17) is 5.11 Å². The molecule has 1 aromatic rings. The fraction of sp³-hybridized carbons (Fsp3) is 0.444. The number of amides is 1. The highest BCUT2D eigenvalue weighted by molar-refractivity contribution is 8.00. The Morgan fingerprint density at radius 1 is 1.64 bits per heavy atom. The lowest BCUT2D eigenvalue weighted by molar-refractivity contribution is -0.128. The summed E-state index contributed by atoms with van der Waals surface area (Å²) in [6.07, 6.45) is 0. The molecule has 0 aromatic carbocycles. The Labute approximate surface area is 90.7 Å². The van der Waals surface area contributed by atoms with E-state index in [2.05, 4.69) is 0 Å². The van der Waals surface area contributed by atoms with Gasteiger partial charge in [-0.15, -0.1) is 23.1 Å². The molecule has 1 aliphatic rings. The van der Waals surface area contributed by atoms with Gasteiger partial charge in [-0.05, 0) is 11.4 Å². The van der Waals surface area contributed by atoms with Crippen LogP contribution in [0.3, 0.4) is 0 Å². The van der Waals surface area contributed by atoms with Crippen LogP contribution < -0.4 is 0 Å². The van der Waals surface area contributed by atoms with Gasteiger partial charge in [0.05, 0.1) is 12.4 Å². The van der Waals surface area contributed by atoms with Crippen molar-refractivity contribution in [2.45, 2.75) is 5.37 Å². The number of hydrogen-bond acceptors (Lipinski definition) is 4. The fourth-order valence-electron chi connectivity index (χ4n) is 1.47. The molecule has 5 heteroatoms. The largest absolute Gasteiger partial charge is 0.395 e. The molecule has 2 rings (SSSR count). The van der Waals surface area contributed by atoms with Gasteiger partial charge in [-0.2, -0.15) is 0 Å². The van der Waals surface area contributed by atoms with Crippen LogP contribution in [-0.4, -0.2) is 34.8 Å². The summed E-state index contributed by atoms with van der Waals surface area (Å²) in [5.74, 6) is 0.658. The van der Waals surface area contributed by atoms with Crippen LogP contribution in [0.2, 0.25) is 0 Å². The molecule has 1 saturated heterocycles. The minimum absolute atomic E-state index is 0.0359. The smallest absolute Gasteiger partial charge is 0.233 e. The number of aliphatic hydroxyl groups is 1. The number of rotatable bonds is 3. The molecule has 0 aliphatic carbocycles. The second-order valence-electron chi connectivity index (χ2n) is 2.99. The molecule has 1 aromatic heterocycles. The lowest BCUT2D eigenvalue weighted by atomic mass is 10.4. The average Bonchev–Trinajstić information content (AvgIpc) is 2.77. The van der Waals surface area contributed by atoms with Crippen molar-refractivity contribution in [1.82, 2.24) is 4.90 Å². The van der Waals surface area contributed by atoms with E-state index in [0.29, 0.717) is 12.3 Å². The molecule has 1 N–H and O–H groups in total. The van der Waals surface area contributed by atoms with Crippen molar-refractivity contribution in [2.75, 3.05) is 18.9 Å². The first-order valence-corrected chi connectivity index (χ1v) is 6.31. The molecule has 0 bridgehead atoms. The first kappa shape index (κ1) is 10.0. The Morgan fingerprint density at radius 3 is 3.14 bits per heavy atom. The van der Waals surface area contributed by atoms with Crippen molar-refractivity contribution < 1.29 is 9.90 Å².